The summed E-state index contributed by atoms with van der Waals surface area (Å²) in [4.78, 5) is 9.10. The van der Waals surface area contributed by atoms with Crippen molar-refractivity contribution in [3.63, 3.8) is 0 Å². The minimum Gasteiger partial charge on any atom is -0.337 e. The zero-order valence-corrected chi connectivity index (χ0v) is 12.5. The van der Waals surface area contributed by atoms with Gasteiger partial charge >= 0.3 is 0 Å². The van der Waals surface area contributed by atoms with Crippen molar-refractivity contribution < 1.29 is 0 Å². The Hall–Kier alpha value is -2.14. The highest BCUT2D eigenvalue weighted by Gasteiger charge is 2.17. The van der Waals surface area contributed by atoms with Gasteiger partial charge in [0.05, 0.1) is 17.1 Å². The predicted molar refractivity (Wildman–Crippen MR) is 83.9 cm³/mol. The smallest absolute Gasteiger partial charge is 0.125 e. The Morgan fingerprint density at radius 3 is 2.81 bits per heavy atom. The van der Waals surface area contributed by atoms with Gasteiger partial charge in [0.25, 0.3) is 0 Å². The summed E-state index contributed by atoms with van der Waals surface area (Å²) < 4.78 is 4.25. The molecule has 3 rings (SSSR count). The first-order valence-corrected chi connectivity index (χ1v) is 7.37. The summed E-state index contributed by atoms with van der Waals surface area (Å²) in [6, 6.07) is 8.11. The van der Waals surface area contributed by atoms with Gasteiger partial charge in [-0.05, 0) is 18.6 Å². The second kappa shape index (κ2) is 5.69. The topological polar surface area (TPSA) is 61.7 Å². The number of imidazole rings is 2. The summed E-state index contributed by atoms with van der Waals surface area (Å²) in [5, 5.41) is 0. The highest BCUT2D eigenvalue weighted by Crippen LogP contribution is 2.20. The van der Waals surface area contributed by atoms with Gasteiger partial charge in [-0.2, -0.15) is 0 Å². The van der Waals surface area contributed by atoms with Gasteiger partial charge in [-0.3, -0.25) is 0 Å². The lowest BCUT2D eigenvalue weighted by molar-refractivity contribution is 0.577. The van der Waals surface area contributed by atoms with Crippen LogP contribution in [0.15, 0.2) is 36.7 Å². The van der Waals surface area contributed by atoms with Crippen molar-refractivity contribution in [2.24, 2.45) is 12.8 Å². The maximum Gasteiger partial charge on any atom is 0.125 e. The van der Waals surface area contributed by atoms with Gasteiger partial charge in [-0.1, -0.05) is 19.1 Å². The van der Waals surface area contributed by atoms with Crippen LogP contribution in [0.5, 0.6) is 0 Å². The molecule has 2 heterocycles. The molecule has 3 aromatic rings. The van der Waals surface area contributed by atoms with Crippen molar-refractivity contribution in [1.82, 2.24) is 19.1 Å². The largest absolute Gasteiger partial charge is 0.337 e. The van der Waals surface area contributed by atoms with Crippen LogP contribution in [0.1, 0.15) is 31.0 Å². The predicted octanol–water partition coefficient (Wildman–Crippen LogP) is 2.42. The number of nitrogens with zero attached hydrogens (tertiary/aromatic N) is 4. The quantitative estimate of drug-likeness (QED) is 0.782. The molecule has 0 aliphatic carbocycles. The SMILES string of the molecule is CCCn1c(CC(N)c2nccn2C)nc2ccccc21. The summed E-state index contributed by atoms with van der Waals surface area (Å²) in [7, 11) is 1.97. The summed E-state index contributed by atoms with van der Waals surface area (Å²) in [6.07, 6.45) is 5.47. The Morgan fingerprint density at radius 2 is 2.10 bits per heavy atom. The molecule has 0 aliphatic rings. The fraction of sp³-hybridized carbons (Fsp3) is 0.375. The van der Waals surface area contributed by atoms with Gasteiger partial charge in [0.2, 0.25) is 0 Å². The third-order valence-electron chi connectivity index (χ3n) is 3.77. The molecule has 1 aromatic carbocycles. The van der Waals surface area contributed by atoms with Gasteiger partial charge in [0, 0.05) is 32.4 Å². The minimum absolute atomic E-state index is 0.141. The Balaban J connectivity index is 1.96. The molecule has 0 radical (unpaired) electrons. The molecular formula is C16H21N5. The fourth-order valence-corrected chi connectivity index (χ4v) is 2.78. The van der Waals surface area contributed by atoms with Crippen LogP contribution in [0.2, 0.25) is 0 Å². The fourth-order valence-electron chi connectivity index (χ4n) is 2.78. The highest BCUT2D eigenvalue weighted by molar-refractivity contribution is 5.75. The first-order valence-electron chi connectivity index (χ1n) is 7.37. The number of hydrogen-bond acceptors (Lipinski definition) is 3. The second-order valence-corrected chi connectivity index (χ2v) is 5.38. The molecule has 1 atom stereocenters. The van der Waals surface area contributed by atoms with E-state index in [4.69, 9.17) is 10.7 Å². The van der Waals surface area contributed by atoms with Crippen molar-refractivity contribution in [3.05, 3.63) is 48.3 Å². The van der Waals surface area contributed by atoms with E-state index in [2.05, 4.69) is 34.7 Å². The normalized spacial score (nSPS) is 12.9. The zero-order chi connectivity index (χ0) is 14.8. The van der Waals surface area contributed by atoms with Crippen LogP contribution >= 0.6 is 0 Å². The van der Waals surface area contributed by atoms with Gasteiger partial charge in [-0.15, -0.1) is 0 Å². The minimum atomic E-state index is -0.141. The molecule has 0 amide bonds. The summed E-state index contributed by atoms with van der Waals surface area (Å²) in [5.41, 5.74) is 8.54. The molecule has 0 saturated heterocycles. The van der Waals surface area contributed by atoms with E-state index in [1.807, 2.05) is 23.9 Å². The average molecular weight is 283 g/mol. The molecule has 0 bridgehead atoms. The van der Waals surface area contributed by atoms with Crippen LogP contribution in [0.3, 0.4) is 0 Å². The Bertz CT molecular complexity index is 740. The van der Waals surface area contributed by atoms with Crippen LogP contribution in [0.4, 0.5) is 0 Å². The second-order valence-electron chi connectivity index (χ2n) is 5.38. The number of nitrogens with two attached hydrogens (primary N) is 1. The molecule has 5 nitrogen and oxygen atoms in total. The van der Waals surface area contributed by atoms with Gasteiger partial charge in [0.15, 0.2) is 0 Å². The van der Waals surface area contributed by atoms with E-state index >= 15 is 0 Å². The maximum absolute atomic E-state index is 6.32. The molecule has 21 heavy (non-hydrogen) atoms. The third kappa shape index (κ3) is 2.56. The van der Waals surface area contributed by atoms with Gasteiger partial charge in [-0.25, -0.2) is 9.97 Å². The highest BCUT2D eigenvalue weighted by atomic mass is 15.1. The van der Waals surface area contributed by atoms with E-state index < -0.39 is 0 Å². The molecule has 5 heteroatoms. The summed E-state index contributed by atoms with van der Waals surface area (Å²) in [6.45, 7) is 3.14. The monoisotopic (exact) mass is 283 g/mol. The number of aromatic nitrogens is 4. The van der Waals surface area contributed by atoms with Crippen molar-refractivity contribution in [1.29, 1.82) is 0 Å². The lowest BCUT2D eigenvalue weighted by Gasteiger charge is -2.13. The molecule has 0 saturated carbocycles. The third-order valence-corrected chi connectivity index (χ3v) is 3.77. The molecule has 1 unspecified atom stereocenters. The lowest BCUT2D eigenvalue weighted by Crippen LogP contribution is -2.20. The lowest BCUT2D eigenvalue weighted by atomic mass is 10.2. The number of benzene rings is 1. The van der Waals surface area contributed by atoms with E-state index in [-0.39, 0.29) is 6.04 Å². The van der Waals surface area contributed by atoms with Crippen molar-refractivity contribution in [2.75, 3.05) is 0 Å². The van der Waals surface area contributed by atoms with Crippen LogP contribution in [0, 0.1) is 0 Å². The van der Waals surface area contributed by atoms with Crippen molar-refractivity contribution in [2.45, 2.75) is 32.4 Å². The first-order chi connectivity index (χ1) is 10.2. The van der Waals surface area contributed by atoms with E-state index in [1.165, 1.54) is 5.52 Å². The van der Waals surface area contributed by atoms with E-state index in [1.54, 1.807) is 6.20 Å². The number of aryl methyl sites for hydroxylation is 2. The summed E-state index contributed by atoms with van der Waals surface area (Å²) in [5.74, 6) is 1.93. The molecule has 2 N–H and O–H groups in total. The maximum atomic E-state index is 6.32. The van der Waals surface area contributed by atoms with Gasteiger partial charge < -0.3 is 14.9 Å². The Labute approximate surface area is 124 Å². The Kier molecular flexibility index (Phi) is 3.75. The van der Waals surface area contributed by atoms with Crippen LogP contribution in [-0.4, -0.2) is 19.1 Å². The van der Waals surface area contributed by atoms with Crippen LogP contribution in [-0.2, 0) is 20.0 Å². The van der Waals surface area contributed by atoms with E-state index in [0.717, 1.165) is 30.1 Å². The number of rotatable bonds is 5. The Morgan fingerprint density at radius 1 is 1.29 bits per heavy atom. The first kappa shape index (κ1) is 13.8. The van der Waals surface area contributed by atoms with Crippen molar-refractivity contribution in [3.8, 4) is 0 Å². The molecular weight excluding hydrogens is 262 g/mol. The molecule has 0 spiro atoms. The number of fused-ring (bicyclic) bond motifs is 1. The molecule has 0 fully saturated rings. The number of hydrogen-bond donors (Lipinski definition) is 1. The average Bonchev–Trinajstić information content (AvgIpc) is 3.04. The standard InChI is InChI=1S/C16H21N5/c1-3-9-21-14-7-5-4-6-13(14)19-15(21)11-12(17)16-18-8-10-20(16)2/h4-8,10,12H,3,9,11,17H2,1-2H3. The summed E-state index contributed by atoms with van der Waals surface area (Å²) >= 11 is 0. The molecule has 110 valence electrons. The number of para-hydroxylation sites is 2. The van der Waals surface area contributed by atoms with Crippen LogP contribution in [0.25, 0.3) is 11.0 Å². The van der Waals surface area contributed by atoms with E-state index in [0.29, 0.717) is 6.42 Å². The molecule has 2 aromatic heterocycles. The van der Waals surface area contributed by atoms with Crippen LogP contribution < -0.4 is 5.73 Å². The zero-order valence-electron chi connectivity index (χ0n) is 12.5. The van der Waals surface area contributed by atoms with Gasteiger partial charge in [0.1, 0.15) is 11.6 Å². The molecule has 0 aliphatic heterocycles. The van der Waals surface area contributed by atoms with Crippen molar-refractivity contribution >= 4 is 11.0 Å². The van der Waals surface area contributed by atoms with E-state index in [9.17, 15) is 0 Å².